The van der Waals surface area contributed by atoms with E-state index >= 15 is 0 Å². The second-order valence-electron chi connectivity index (χ2n) is 13.4. The minimum absolute atomic E-state index is 0.0779. The number of Topliss-reactive ketones (excluding diaryl/α,β-unsaturated/α-hetero) is 2. The molecule has 1 saturated carbocycles. The van der Waals surface area contributed by atoms with E-state index in [9.17, 15) is 34.8 Å². The molecule has 0 spiro atoms. The van der Waals surface area contributed by atoms with Crippen LogP contribution >= 0.6 is 0 Å². The third-order valence-electron chi connectivity index (χ3n) is 9.80. The number of carbonyl (C=O) groups is 3. The van der Waals surface area contributed by atoms with Crippen molar-refractivity contribution in [2.24, 2.45) is 10.8 Å². The van der Waals surface area contributed by atoms with Gasteiger partial charge in [-0.25, -0.2) is 4.79 Å². The van der Waals surface area contributed by atoms with Crippen LogP contribution in [0.5, 0.6) is 5.75 Å². The van der Waals surface area contributed by atoms with Gasteiger partial charge in [-0.05, 0) is 74.8 Å². The van der Waals surface area contributed by atoms with Crippen LogP contribution in [0.3, 0.4) is 0 Å². The van der Waals surface area contributed by atoms with Crippen LogP contribution in [-0.2, 0) is 32.0 Å². The number of nitrogens with zero attached hydrogens (tertiary/aromatic N) is 1. The maximum atomic E-state index is 14.3. The standard InChI is InChI=1S/C35H41NO8/c1-8-44-32(42)21-12-10-19(13-21)9-11-20-14-23(36(6)7)22-15-33(4)17-34(5)16-24(37)25(18(2)3)30(40)35(34,43)31(41)27(33)29(39)26(22)28(20)38/h12-14,38-40,43H,2,8-11,15-17H2,1,3-7H3/t33-,34+,35+/m0/s1. The summed E-state index contributed by atoms with van der Waals surface area (Å²) in [7, 11) is 3.72. The van der Waals surface area contributed by atoms with Crippen molar-refractivity contribution in [2.75, 3.05) is 25.6 Å². The molecule has 234 valence electrons. The van der Waals surface area contributed by atoms with E-state index in [2.05, 4.69) is 6.58 Å². The number of carbonyl (C=O) groups excluding carboxylic acids is 3. The van der Waals surface area contributed by atoms with Gasteiger partial charge in [-0.3, -0.25) is 9.59 Å². The smallest absolute Gasteiger partial charge is 0.337 e. The molecule has 0 amide bonds. The van der Waals surface area contributed by atoms with Crippen LogP contribution in [0.15, 0.2) is 58.4 Å². The highest BCUT2D eigenvalue weighted by atomic mass is 16.5. The second-order valence-corrected chi connectivity index (χ2v) is 13.4. The van der Waals surface area contributed by atoms with Crippen molar-refractivity contribution in [2.45, 2.75) is 71.8 Å². The lowest BCUT2D eigenvalue weighted by Gasteiger charge is -2.56. The summed E-state index contributed by atoms with van der Waals surface area (Å²) in [6.07, 6.45) is 5.36. The molecule has 0 radical (unpaired) electrons. The number of esters is 1. The topological polar surface area (TPSA) is 145 Å². The summed E-state index contributed by atoms with van der Waals surface area (Å²) in [6, 6.07) is 1.88. The van der Waals surface area contributed by atoms with Crippen LogP contribution in [0.4, 0.5) is 5.69 Å². The molecule has 9 heteroatoms. The lowest BCUT2D eigenvalue weighted by atomic mass is 9.47. The minimum Gasteiger partial charge on any atom is -0.508 e. The first-order valence-electron chi connectivity index (χ1n) is 15.0. The number of phenols is 1. The Morgan fingerprint density at radius 3 is 2.41 bits per heavy atom. The Morgan fingerprint density at radius 2 is 1.80 bits per heavy atom. The van der Waals surface area contributed by atoms with E-state index in [1.165, 1.54) is 6.92 Å². The number of rotatable bonds is 7. The number of hydrogen-bond acceptors (Lipinski definition) is 9. The molecule has 9 nitrogen and oxygen atoms in total. The molecule has 1 aromatic rings. The van der Waals surface area contributed by atoms with Crippen LogP contribution in [-0.4, -0.2) is 64.3 Å². The highest BCUT2D eigenvalue weighted by molar-refractivity contribution is 6.15. The quantitative estimate of drug-likeness (QED) is 0.312. The summed E-state index contributed by atoms with van der Waals surface area (Å²) in [5, 5.41) is 46.7. The Kier molecular flexibility index (Phi) is 7.48. The van der Waals surface area contributed by atoms with Gasteiger partial charge in [-0.1, -0.05) is 32.1 Å². The molecule has 5 rings (SSSR count). The number of aliphatic hydroxyl groups excluding tert-OH is 2. The summed E-state index contributed by atoms with van der Waals surface area (Å²) in [5.74, 6) is -3.00. The van der Waals surface area contributed by atoms with Crippen LogP contribution in [0.1, 0.15) is 70.1 Å². The fraction of sp³-hybridized carbons (Fsp3) is 0.457. The lowest BCUT2D eigenvalue weighted by Crippen LogP contribution is -2.65. The van der Waals surface area contributed by atoms with Crippen LogP contribution in [0.2, 0.25) is 0 Å². The van der Waals surface area contributed by atoms with E-state index in [4.69, 9.17) is 4.74 Å². The minimum atomic E-state index is -2.45. The molecule has 44 heavy (non-hydrogen) atoms. The van der Waals surface area contributed by atoms with Crippen molar-refractivity contribution in [3.8, 4) is 5.75 Å². The van der Waals surface area contributed by atoms with Crippen molar-refractivity contribution in [3.63, 3.8) is 0 Å². The predicted octanol–water partition coefficient (Wildman–Crippen LogP) is 5.11. The number of allylic oxidation sites excluding steroid dienone is 4. The zero-order valence-corrected chi connectivity index (χ0v) is 26.3. The number of hydrogen-bond donors (Lipinski definition) is 4. The molecule has 0 unspecified atom stereocenters. The van der Waals surface area contributed by atoms with E-state index in [0.29, 0.717) is 36.0 Å². The first-order chi connectivity index (χ1) is 20.5. The summed E-state index contributed by atoms with van der Waals surface area (Å²) in [5.41, 5.74) is -1.22. The van der Waals surface area contributed by atoms with Crippen molar-refractivity contribution < 1.29 is 39.5 Å². The fourth-order valence-electron chi connectivity index (χ4n) is 7.83. The van der Waals surface area contributed by atoms with Gasteiger partial charge in [0.2, 0.25) is 5.78 Å². The molecule has 0 aromatic heterocycles. The number of aryl methyl sites for hydroxylation is 1. The molecule has 0 saturated heterocycles. The molecule has 4 aliphatic rings. The van der Waals surface area contributed by atoms with Crippen molar-refractivity contribution in [1.29, 1.82) is 0 Å². The molecular weight excluding hydrogens is 562 g/mol. The third-order valence-corrected chi connectivity index (χ3v) is 9.80. The molecule has 4 aliphatic carbocycles. The van der Waals surface area contributed by atoms with Gasteiger partial charge in [-0.15, -0.1) is 0 Å². The normalized spacial score (nSPS) is 27.8. The number of aromatic hydroxyl groups is 1. The molecule has 0 bridgehead atoms. The van der Waals surface area contributed by atoms with Crippen molar-refractivity contribution in [1.82, 2.24) is 0 Å². The Labute approximate surface area is 257 Å². The van der Waals surface area contributed by atoms with Gasteiger partial charge in [0, 0.05) is 42.6 Å². The van der Waals surface area contributed by atoms with E-state index in [1.54, 1.807) is 19.9 Å². The molecule has 4 N–H and O–H groups in total. The number of fused-ring (bicyclic) bond motifs is 3. The molecule has 0 aliphatic heterocycles. The van der Waals surface area contributed by atoms with Crippen LogP contribution in [0, 0.1) is 10.8 Å². The predicted molar refractivity (Wildman–Crippen MR) is 166 cm³/mol. The maximum absolute atomic E-state index is 14.3. The van der Waals surface area contributed by atoms with E-state index in [0.717, 1.165) is 11.3 Å². The van der Waals surface area contributed by atoms with Gasteiger partial charge in [0.15, 0.2) is 11.4 Å². The Morgan fingerprint density at radius 1 is 1.11 bits per heavy atom. The average Bonchev–Trinajstić information content (AvgIpc) is 3.39. The molecular formula is C35H41NO8. The van der Waals surface area contributed by atoms with Gasteiger partial charge in [0.25, 0.3) is 0 Å². The number of ketones is 2. The summed E-state index contributed by atoms with van der Waals surface area (Å²) in [6.45, 7) is 10.8. The maximum Gasteiger partial charge on any atom is 0.337 e. The highest BCUT2D eigenvalue weighted by Gasteiger charge is 2.68. The average molecular weight is 604 g/mol. The number of ether oxygens (including phenoxy) is 1. The van der Waals surface area contributed by atoms with Gasteiger partial charge in [0.1, 0.15) is 17.3 Å². The van der Waals surface area contributed by atoms with Gasteiger partial charge >= 0.3 is 5.97 Å². The zero-order valence-electron chi connectivity index (χ0n) is 26.3. The first kappa shape index (κ1) is 31.3. The van der Waals surface area contributed by atoms with E-state index < -0.39 is 39.5 Å². The molecule has 3 atom stereocenters. The van der Waals surface area contributed by atoms with Crippen LogP contribution in [0.25, 0.3) is 5.76 Å². The monoisotopic (exact) mass is 603 g/mol. The number of phenolic OH excluding ortho intramolecular Hbond substituents is 1. The largest absolute Gasteiger partial charge is 0.508 e. The third kappa shape index (κ3) is 4.43. The summed E-state index contributed by atoms with van der Waals surface area (Å²) >= 11 is 0. The second kappa shape index (κ2) is 10.5. The van der Waals surface area contributed by atoms with Gasteiger partial charge in [0.05, 0.1) is 23.3 Å². The fourth-order valence-corrected chi connectivity index (χ4v) is 7.83. The first-order valence-corrected chi connectivity index (χ1v) is 15.0. The Balaban J connectivity index is 1.61. The number of aliphatic hydroxyl groups is 3. The molecule has 0 heterocycles. The number of benzene rings is 1. The highest BCUT2D eigenvalue weighted by Crippen LogP contribution is 2.63. The number of anilines is 1. The van der Waals surface area contributed by atoms with E-state index in [-0.39, 0.29) is 59.9 Å². The summed E-state index contributed by atoms with van der Waals surface area (Å²) in [4.78, 5) is 41.5. The van der Waals surface area contributed by atoms with Crippen molar-refractivity contribution >= 4 is 29.0 Å². The summed E-state index contributed by atoms with van der Waals surface area (Å²) < 4.78 is 5.09. The Hall–Kier alpha value is -4.11. The molecule has 1 aromatic carbocycles. The Bertz CT molecular complexity index is 1660. The van der Waals surface area contributed by atoms with Gasteiger partial charge < -0.3 is 30.1 Å². The lowest BCUT2D eigenvalue weighted by molar-refractivity contribution is -0.164. The zero-order chi connectivity index (χ0) is 32.5. The van der Waals surface area contributed by atoms with Gasteiger partial charge in [-0.2, -0.15) is 0 Å². The SMILES string of the molecule is C=C(C)C1=C(O)[C@@]2(O)C(=O)C3=C(O)c4c(O)c(CCC5=CC(C(=O)OCC)=CC5)cc(N(C)C)c4C[C@@]3(C)C[C@@]2(C)CC1=O. The van der Waals surface area contributed by atoms with E-state index in [1.807, 2.05) is 38.1 Å². The molecule has 1 fully saturated rings. The van der Waals surface area contributed by atoms with Crippen LogP contribution < -0.4 is 4.90 Å². The van der Waals surface area contributed by atoms with Crippen molar-refractivity contribution in [3.05, 3.63) is 75.1 Å².